The van der Waals surface area contributed by atoms with Crippen molar-refractivity contribution >= 4 is 17.3 Å². The van der Waals surface area contributed by atoms with Gasteiger partial charge < -0.3 is 10.5 Å². The number of ether oxygens (including phenoxy) is 1. The Hall–Kier alpha value is -1.75. The molecule has 0 fully saturated rings. The molecule has 0 saturated heterocycles. The molecule has 0 atom stereocenters. The Bertz CT molecular complexity index is 583. The molecule has 2 rings (SSSR count). The van der Waals surface area contributed by atoms with E-state index < -0.39 is 5.82 Å². The Morgan fingerprint density at radius 3 is 2.83 bits per heavy atom. The summed E-state index contributed by atoms with van der Waals surface area (Å²) in [7, 11) is 1.77. The highest BCUT2D eigenvalue weighted by Crippen LogP contribution is 2.25. The van der Waals surface area contributed by atoms with Crippen molar-refractivity contribution < 1.29 is 9.13 Å². The lowest BCUT2D eigenvalue weighted by atomic mass is 10.3. The monoisotopic (exact) mass is 269 g/mol. The normalized spacial score (nSPS) is 10.7. The Kier molecular flexibility index (Phi) is 3.43. The first-order valence-electron chi connectivity index (χ1n) is 5.35. The van der Waals surface area contributed by atoms with Crippen LogP contribution in [0.1, 0.15) is 11.4 Å². The van der Waals surface area contributed by atoms with Crippen LogP contribution in [0.4, 0.5) is 10.1 Å². The van der Waals surface area contributed by atoms with Gasteiger partial charge in [-0.25, -0.2) is 4.39 Å². The average molecular weight is 270 g/mol. The number of hydrogen-bond donors (Lipinski definition) is 1. The van der Waals surface area contributed by atoms with Crippen molar-refractivity contribution in [2.45, 2.75) is 13.5 Å². The maximum atomic E-state index is 13.1. The van der Waals surface area contributed by atoms with Crippen LogP contribution in [-0.4, -0.2) is 9.78 Å². The van der Waals surface area contributed by atoms with E-state index in [2.05, 4.69) is 5.10 Å². The predicted octanol–water partition coefficient (Wildman–Crippen LogP) is 2.68. The lowest BCUT2D eigenvalue weighted by Gasteiger charge is -2.09. The molecule has 0 radical (unpaired) electrons. The lowest BCUT2D eigenvalue weighted by Crippen LogP contribution is -2.05. The number of rotatable bonds is 3. The molecular weight excluding hydrogens is 257 g/mol. The van der Waals surface area contributed by atoms with Crippen LogP contribution in [0.25, 0.3) is 0 Å². The van der Waals surface area contributed by atoms with Crippen LogP contribution in [0.15, 0.2) is 18.2 Å². The zero-order chi connectivity index (χ0) is 13.3. The van der Waals surface area contributed by atoms with E-state index in [4.69, 9.17) is 22.1 Å². The minimum Gasteiger partial charge on any atom is -0.485 e. The highest BCUT2D eigenvalue weighted by atomic mass is 35.5. The standard InChI is InChI=1S/C12H13ClFN3O/c1-7-12(13)10(17(2)16-7)6-18-11-5-8(14)3-4-9(11)15/h3-5H,6,15H2,1-2H3. The summed E-state index contributed by atoms with van der Waals surface area (Å²) in [6, 6.07) is 3.98. The Morgan fingerprint density at radius 1 is 1.50 bits per heavy atom. The van der Waals surface area contributed by atoms with E-state index in [1.165, 1.54) is 18.2 Å². The molecule has 96 valence electrons. The Balaban J connectivity index is 2.19. The van der Waals surface area contributed by atoms with Crippen molar-refractivity contribution in [1.29, 1.82) is 0 Å². The van der Waals surface area contributed by atoms with E-state index in [-0.39, 0.29) is 6.61 Å². The van der Waals surface area contributed by atoms with Gasteiger partial charge >= 0.3 is 0 Å². The minimum absolute atomic E-state index is 0.184. The van der Waals surface area contributed by atoms with Gasteiger partial charge in [0.1, 0.15) is 18.2 Å². The quantitative estimate of drug-likeness (QED) is 0.872. The van der Waals surface area contributed by atoms with E-state index in [0.29, 0.717) is 16.5 Å². The molecule has 4 nitrogen and oxygen atoms in total. The summed E-state index contributed by atoms with van der Waals surface area (Å²) in [5.41, 5.74) is 7.52. The molecule has 0 saturated carbocycles. The van der Waals surface area contributed by atoms with Crippen molar-refractivity contribution in [3.8, 4) is 5.75 Å². The molecule has 6 heteroatoms. The third kappa shape index (κ3) is 2.41. The van der Waals surface area contributed by atoms with Crippen molar-refractivity contribution in [3.05, 3.63) is 40.4 Å². The number of halogens is 2. The smallest absolute Gasteiger partial charge is 0.145 e. The van der Waals surface area contributed by atoms with Gasteiger partial charge in [0.05, 0.1) is 22.1 Å². The highest BCUT2D eigenvalue weighted by Gasteiger charge is 2.12. The van der Waals surface area contributed by atoms with E-state index in [9.17, 15) is 4.39 Å². The molecule has 0 aliphatic carbocycles. The summed E-state index contributed by atoms with van der Waals surface area (Å²) in [5, 5.41) is 4.71. The fourth-order valence-corrected chi connectivity index (χ4v) is 1.83. The summed E-state index contributed by atoms with van der Waals surface area (Å²) < 4.78 is 20.2. The van der Waals surface area contributed by atoms with E-state index >= 15 is 0 Å². The number of aryl methyl sites for hydroxylation is 2. The van der Waals surface area contributed by atoms with Crippen molar-refractivity contribution in [3.63, 3.8) is 0 Å². The molecule has 2 aromatic rings. The largest absolute Gasteiger partial charge is 0.485 e. The van der Waals surface area contributed by atoms with Gasteiger partial charge in [0.2, 0.25) is 0 Å². The number of hydrogen-bond acceptors (Lipinski definition) is 3. The molecule has 0 spiro atoms. The topological polar surface area (TPSA) is 53.1 Å². The molecule has 18 heavy (non-hydrogen) atoms. The van der Waals surface area contributed by atoms with Crippen molar-refractivity contribution in [2.75, 3.05) is 5.73 Å². The SMILES string of the molecule is Cc1nn(C)c(COc2cc(F)ccc2N)c1Cl. The summed E-state index contributed by atoms with van der Waals surface area (Å²) in [6.07, 6.45) is 0. The first-order valence-corrected chi connectivity index (χ1v) is 5.72. The number of nitrogens with zero attached hydrogens (tertiary/aromatic N) is 2. The average Bonchev–Trinajstić information content (AvgIpc) is 2.55. The van der Waals surface area contributed by atoms with Gasteiger partial charge in [-0.15, -0.1) is 0 Å². The molecule has 0 aliphatic rings. The van der Waals surface area contributed by atoms with E-state index in [0.717, 1.165) is 11.4 Å². The third-order valence-electron chi connectivity index (χ3n) is 2.60. The molecule has 0 amide bonds. The van der Waals surface area contributed by atoms with Crippen LogP contribution in [0.5, 0.6) is 5.75 Å². The second-order valence-electron chi connectivity index (χ2n) is 3.94. The van der Waals surface area contributed by atoms with Gasteiger partial charge in [-0.3, -0.25) is 4.68 Å². The highest BCUT2D eigenvalue weighted by molar-refractivity contribution is 6.31. The summed E-state index contributed by atoms with van der Waals surface area (Å²) in [5.74, 6) is -0.101. The maximum Gasteiger partial charge on any atom is 0.145 e. The maximum absolute atomic E-state index is 13.1. The molecule has 1 heterocycles. The van der Waals surface area contributed by atoms with Crippen LogP contribution >= 0.6 is 11.6 Å². The number of nitrogens with two attached hydrogens (primary N) is 1. The zero-order valence-corrected chi connectivity index (χ0v) is 10.8. The van der Waals surface area contributed by atoms with Crippen LogP contribution < -0.4 is 10.5 Å². The summed E-state index contributed by atoms with van der Waals surface area (Å²) in [4.78, 5) is 0. The molecule has 0 aliphatic heterocycles. The first kappa shape index (κ1) is 12.7. The lowest BCUT2D eigenvalue weighted by molar-refractivity contribution is 0.295. The minimum atomic E-state index is -0.397. The van der Waals surface area contributed by atoms with Crippen LogP contribution in [0, 0.1) is 12.7 Å². The predicted molar refractivity (Wildman–Crippen MR) is 68.1 cm³/mol. The summed E-state index contributed by atoms with van der Waals surface area (Å²) >= 11 is 6.08. The zero-order valence-electron chi connectivity index (χ0n) is 10.1. The van der Waals surface area contributed by atoms with Crippen LogP contribution in [-0.2, 0) is 13.7 Å². The molecule has 0 unspecified atom stereocenters. The second kappa shape index (κ2) is 4.86. The van der Waals surface area contributed by atoms with Crippen LogP contribution in [0.3, 0.4) is 0 Å². The Morgan fingerprint density at radius 2 is 2.22 bits per heavy atom. The molecular formula is C12H13ClFN3O. The third-order valence-corrected chi connectivity index (χ3v) is 3.09. The number of anilines is 1. The molecule has 1 aromatic carbocycles. The van der Waals surface area contributed by atoms with Gasteiger partial charge in [-0.1, -0.05) is 11.6 Å². The fraction of sp³-hybridized carbons (Fsp3) is 0.250. The van der Waals surface area contributed by atoms with Crippen LogP contribution in [0.2, 0.25) is 5.02 Å². The van der Waals surface area contributed by atoms with Crippen molar-refractivity contribution in [2.24, 2.45) is 7.05 Å². The van der Waals surface area contributed by atoms with Gasteiger partial charge in [0.25, 0.3) is 0 Å². The van der Waals surface area contributed by atoms with Gasteiger partial charge in [-0.2, -0.15) is 5.10 Å². The van der Waals surface area contributed by atoms with Crippen molar-refractivity contribution in [1.82, 2.24) is 9.78 Å². The van der Waals surface area contributed by atoms with E-state index in [1.807, 2.05) is 6.92 Å². The van der Waals surface area contributed by atoms with Gasteiger partial charge in [0, 0.05) is 13.1 Å². The molecule has 0 bridgehead atoms. The van der Waals surface area contributed by atoms with E-state index in [1.54, 1.807) is 11.7 Å². The van der Waals surface area contributed by atoms with Gasteiger partial charge in [0.15, 0.2) is 0 Å². The number of nitrogen functional groups attached to an aromatic ring is 1. The number of benzene rings is 1. The number of aromatic nitrogens is 2. The molecule has 1 aromatic heterocycles. The Labute approximate surface area is 109 Å². The fourth-order valence-electron chi connectivity index (χ4n) is 1.62. The summed E-state index contributed by atoms with van der Waals surface area (Å²) in [6.45, 7) is 1.99. The first-order chi connectivity index (χ1) is 8.49. The van der Waals surface area contributed by atoms with Gasteiger partial charge in [-0.05, 0) is 19.1 Å². The molecule has 2 N–H and O–H groups in total. The second-order valence-corrected chi connectivity index (χ2v) is 4.32.